The van der Waals surface area contributed by atoms with Crippen molar-refractivity contribution in [1.82, 2.24) is 4.98 Å². The van der Waals surface area contributed by atoms with Crippen molar-refractivity contribution in [2.24, 2.45) is 0 Å². The molecule has 2 aromatic rings. The van der Waals surface area contributed by atoms with Gasteiger partial charge in [0.15, 0.2) is 11.1 Å². The highest BCUT2D eigenvalue weighted by Gasteiger charge is 2.07. The van der Waals surface area contributed by atoms with Crippen molar-refractivity contribution in [2.45, 2.75) is 6.92 Å². The van der Waals surface area contributed by atoms with E-state index >= 15 is 0 Å². The second-order valence-corrected chi connectivity index (χ2v) is 6.23. The summed E-state index contributed by atoms with van der Waals surface area (Å²) in [4.78, 5) is 16.4. The molecule has 1 atom stereocenters. The number of hydrogen-bond donors (Lipinski definition) is 1. The highest BCUT2D eigenvalue weighted by atomic mass is 32.2. The Morgan fingerprint density at radius 1 is 1.48 bits per heavy atom. The smallest absolute Gasteiger partial charge is 0.298 e. The fourth-order valence-electron chi connectivity index (χ4n) is 1.74. The Hall–Kier alpha value is -1.83. The molecule has 0 aliphatic rings. The van der Waals surface area contributed by atoms with Gasteiger partial charge in [-0.2, -0.15) is 0 Å². The van der Waals surface area contributed by atoms with Crippen molar-refractivity contribution in [2.75, 3.05) is 5.75 Å². The van der Waals surface area contributed by atoms with Crippen LogP contribution in [-0.2, 0) is 20.6 Å². The zero-order valence-electron chi connectivity index (χ0n) is 11.2. The van der Waals surface area contributed by atoms with Crippen LogP contribution in [-0.4, -0.2) is 26.0 Å². The molecule has 0 radical (unpaired) electrons. The molecule has 2 heterocycles. The van der Waals surface area contributed by atoms with Crippen molar-refractivity contribution < 1.29 is 18.3 Å². The Labute approximate surface area is 128 Å². The molecule has 0 bridgehead atoms. The van der Waals surface area contributed by atoms with E-state index in [1.807, 2.05) is 31.2 Å². The SMILES string of the molecule is Cc1cc(-c2ccc(/C=C(/CS(=O)O)OC=O)s2)ccn1. The largest absolute Gasteiger partial charge is 0.432 e. The normalized spacial score (nSPS) is 13.0. The van der Waals surface area contributed by atoms with Gasteiger partial charge in [-0.3, -0.25) is 9.78 Å². The third kappa shape index (κ3) is 4.59. The lowest BCUT2D eigenvalue weighted by atomic mass is 10.2. The third-order valence-corrected chi connectivity index (χ3v) is 4.19. The molecule has 0 amide bonds. The standard InChI is InChI=1S/C14H13NO4S2/c1-10-6-11(4-5-15-10)14-3-2-13(20-14)7-12(19-9-16)8-21(17)18/h2-7,9H,8H2,1H3,(H,17,18)/b12-7-. The van der Waals surface area contributed by atoms with Gasteiger partial charge >= 0.3 is 0 Å². The lowest BCUT2D eigenvalue weighted by molar-refractivity contribution is -0.124. The van der Waals surface area contributed by atoms with Crippen LogP contribution in [0.25, 0.3) is 16.5 Å². The van der Waals surface area contributed by atoms with Crippen LogP contribution in [0, 0.1) is 6.92 Å². The molecular weight excluding hydrogens is 310 g/mol. The number of aromatic nitrogens is 1. The van der Waals surface area contributed by atoms with Gasteiger partial charge in [0, 0.05) is 21.6 Å². The zero-order chi connectivity index (χ0) is 15.2. The van der Waals surface area contributed by atoms with Crippen molar-refractivity contribution in [1.29, 1.82) is 0 Å². The minimum atomic E-state index is -2.06. The molecule has 2 rings (SSSR count). The minimum Gasteiger partial charge on any atom is -0.432 e. The molecule has 0 fully saturated rings. The van der Waals surface area contributed by atoms with Crippen LogP contribution >= 0.6 is 11.3 Å². The Bertz CT molecular complexity index is 694. The number of ether oxygens (including phenoxy) is 1. The van der Waals surface area contributed by atoms with E-state index in [0.29, 0.717) is 0 Å². The van der Waals surface area contributed by atoms with Crippen molar-refractivity contribution in [3.63, 3.8) is 0 Å². The summed E-state index contributed by atoms with van der Waals surface area (Å²) in [6, 6.07) is 7.70. The van der Waals surface area contributed by atoms with Crippen LogP contribution in [0.4, 0.5) is 0 Å². The number of thiophene rings is 1. The first-order chi connectivity index (χ1) is 10.1. The fraction of sp³-hybridized carbons (Fsp3) is 0.143. The van der Waals surface area contributed by atoms with Crippen molar-refractivity contribution >= 4 is 35.0 Å². The number of rotatable bonds is 6. The second kappa shape index (κ2) is 7.26. The van der Waals surface area contributed by atoms with Gasteiger partial charge in [-0.05, 0) is 42.8 Å². The Morgan fingerprint density at radius 2 is 2.29 bits per heavy atom. The van der Waals surface area contributed by atoms with Crippen LogP contribution in [0.5, 0.6) is 0 Å². The zero-order valence-corrected chi connectivity index (χ0v) is 12.8. The quantitative estimate of drug-likeness (QED) is 0.502. The molecule has 1 N–H and O–H groups in total. The van der Waals surface area contributed by atoms with Gasteiger partial charge in [-0.15, -0.1) is 11.3 Å². The number of hydrogen-bond acceptors (Lipinski definition) is 5. The van der Waals surface area contributed by atoms with Gasteiger partial charge in [0.2, 0.25) is 0 Å². The third-order valence-electron chi connectivity index (χ3n) is 2.58. The number of nitrogens with zero attached hydrogens (tertiary/aromatic N) is 1. The molecule has 2 aromatic heterocycles. The summed E-state index contributed by atoms with van der Waals surface area (Å²) in [6.45, 7) is 2.17. The van der Waals surface area contributed by atoms with E-state index < -0.39 is 11.1 Å². The molecule has 0 aromatic carbocycles. The number of carbonyl (C=O) groups excluding carboxylic acids is 1. The molecule has 0 saturated heterocycles. The topological polar surface area (TPSA) is 76.5 Å². The Kier molecular flexibility index (Phi) is 5.38. The van der Waals surface area contributed by atoms with E-state index in [-0.39, 0.29) is 18.0 Å². The fourth-order valence-corrected chi connectivity index (χ4v) is 3.09. The molecule has 7 heteroatoms. The Balaban J connectivity index is 2.25. The van der Waals surface area contributed by atoms with Gasteiger partial charge in [0.05, 0.1) is 0 Å². The highest BCUT2D eigenvalue weighted by Crippen LogP contribution is 2.29. The summed E-state index contributed by atoms with van der Waals surface area (Å²) >= 11 is -0.564. The minimum absolute atomic E-state index is 0.158. The maximum absolute atomic E-state index is 10.8. The number of aryl methyl sites for hydroxylation is 1. The van der Waals surface area contributed by atoms with E-state index in [9.17, 15) is 9.00 Å². The monoisotopic (exact) mass is 323 g/mol. The summed E-state index contributed by atoms with van der Waals surface area (Å²) in [7, 11) is 0. The van der Waals surface area contributed by atoms with E-state index in [1.54, 1.807) is 12.3 Å². The maximum Gasteiger partial charge on any atom is 0.298 e. The van der Waals surface area contributed by atoms with Gasteiger partial charge in [0.25, 0.3) is 6.47 Å². The average Bonchev–Trinajstić information content (AvgIpc) is 2.87. The van der Waals surface area contributed by atoms with Gasteiger partial charge in [-0.25, -0.2) is 4.21 Å². The average molecular weight is 323 g/mol. The summed E-state index contributed by atoms with van der Waals surface area (Å²) in [5.41, 5.74) is 1.98. The van der Waals surface area contributed by atoms with Crippen LogP contribution in [0.1, 0.15) is 10.6 Å². The van der Waals surface area contributed by atoms with E-state index in [1.165, 1.54) is 11.3 Å². The van der Waals surface area contributed by atoms with E-state index in [4.69, 9.17) is 9.29 Å². The first kappa shape index (κ1) is 15.6. The summed E-state index contributed by atoms with van der Waals surface area (Å²) in [5, 5.41) is 0. The summed E-state index contributed by atoms with van der Waals surface area (Å²) in [5.74, 6) is -0.0643. The first-order valence-corrected chi connectivity index (χ1v) is 8.09. The van der Waals surface area contributed by atoms with Crippen molar-refractivity contribution in [3.8, 4) is 10.4 Å². The summed E-state index contributed by atoms with van der Waals surface area (Å²) < 4.78 is 24.4. The first-order valence-electron chi connectivity index (χ1n) is 5.99. The molecule has 21 heavy (non-hydrogen) atoms. The molecule has 1 unspecified atom stereocenters. The lowest BCUT2D eigenvalue weighted by Gasteiger charge is -2.00. The second-order valence-electron chi connectivity index (χ2n) is 4.18. The van der Waals surface area contributed by atoms with Crippen LogP contribution < -0.4 is 0 Å². The maximum atomic E-state index is 10.8. The molecule has 0 aliphatic carbocycles. The van der Waals surface area contributed by atoms with Gasteiger partial charge in [0.1, 0.15) is 11.5 Å². The van der Waals surface area contributed by atoms with Crippen LogP contribution in [0.2, 0.25) is 0 Å². The van der Waals surface area contributed by atoms with Crippen molar-refractivity contribution in [3.05, 3.63) is 46.8 Å². The number of pyridine rings is 1. The van der Waals surface area contributed by atoms with Gasteiger partial charge in [-0.1, -0.05) is 0 Å². The predicted octanol–water partition coefficient (Wildman–Crippen LogP) is 2.85. The van der Waals surface area contributed by atoms with Crippen LogP contribution in [0.15, 0.2) is 36.2 Å². The van der Waals surface area contributed by atoms with Crippen LogP contribution in [0.3, 0.4) is 0 Å². The highest BCUT2D eigenvalue weighted by molar-refractivity contribution is 7.79. The number of carbonyl (C=O) groups is 1. The molecule has 5 nitrogen and oxygen atoms in total. The summed E-state index contributed by atoms with van der Waals surface area (Å²) in [6.07, 6.45) is 3.33. The Morgan fingerprint density at radius 3 is 2.95 bits per heavy atom. The molecular formula is C14H13NO4S2. The molecule has 110 valence electrons. The van der Waals surface area contributed by atoms with E-state index in [2.05, 4.69) is 4.98 Å². The molecule has 0 spiro atoms. The lowest BCUT2D eigenvalue weighted by Crippen LogP contribution is -2.01. The van der Waals surface area contributed by atoms with Gasteiger partial charge < -0.3 is 9.29 Å². The molecule has 0 aliphatic heterocycles. The molecule has 0 saturated carbocycles. The predicted molar refractivity (Wildman–Crippen MR) is 83.1 cm³/mol. The van der Waals surface area contributed by atoms with E-state index in [0.717, 1.165) is 21.0 Å².